The van der Waals surface area contributed by atoms with Gasteiger partial charge in [0, 0.05) is 30.4 Å². The topological polar surface area (TPSA) is 63.4 Å². The van der Waals surface area contributed by atoms with Crippen molar-refractivity contribution < 1.29 is 12.8 Å². The van der Waals surface area contributed by atoms with E-state index in [0.717, 1.165) is 11.5 Å². The molecule has 0 amide bonds. The zero-order chi connectivity index (χ0) is 14.9. The predicted octanol–water partition coefficient (Wildman–Crippen LogP) is 2.46. The maximum atomic E-state index is 12.8. The summed E-state index contributed by atoms with van der Waals surface area (Å²) in [4.78, 5) is 4.14. The smallest absolute Gasteiger partial charge is 0.245 e. The van der Waals surface area contributed by atoms with Crippen molar-refractivity contribution in [2.45, 2.75) is 17.9 Å². The Morgan fingerprint density at radius 1 is 1.38 bits per heavy atom. The van der Waals surface area contributed by atoms with Gasteiger partial charge in [0.05, 0.1) is 6.04 Å². The Kier molecular flexibility index (Phi) is 4.05. The minimum absolute atomic E-state index is 0.227. The highest BCUT2D eigenvalue weighted by Gasteiger charge is 2.36. The van der Waals surface area contributed by atoms with Crippen LogP contribution in [-0.4, -0.2) is 35.8 Å². The van der Waals surface area contributed by atoms with E-state index in [1.54, 1.807) is 30.1 Å². The molecule has 1 fully saturated rings. The van der Waals surface area contributed by atoms with E-state index in [1.807, 2.05) is 19.1 Å². The van der Waals surface area contributed by atoms with Crippen LogP contribution in [0, 0.1) is 6.92 Å². The molecule has 2 aromatic heterocycles. The Bertz CT molecular complexity index is 713. The van der Waals surface area contributed by atoms with Crippen LogP contribution in [0.3, 0.4) is 0 Å². The lowest BCUT2D eigenvalue weighted by Crippen LogP contribution is -2.40. The van der Waals surface area contributed by atoms with Gasteiger partial charge in [0.25, 0.3) is 0 Å². The first-order valence-corrected chi connectivity index (χ1v) is 9.24. The summed E-state index contributed by atoms with van der Waals surface area (Å²) < 4.78 is 32.8. The largest absolute Gasteiger partial charge is 0.465 e. The third-order valence-electron chi connectivity index (χ3n) is 3.41. The molecule has 0 spiro atoms. The summed E-state index contributed by atoms with van der Waals surface area (Å²) in [6.07, 6.45) is 2.96. The van der Waals surface area contributed by atoms with E-state index in [1.165, 1.54) is 10.5 Å². The van der Waals surface area contributed by atoms with Crippen molar-refractivity contribution >= 4 is 21.8 Å². The fourth-order valence-electron chi connectivity index (χ4n) is 2.37. The Morgan fingerprint density at radius 3 is 2.90 bits per heavy atom. The zero-order valence-corrected chi connectivity index (χ0v) is 13.2. The lowest BCUT2D eigenvalue weighted by Gasteiger charge is -2.33. The highest BCUT2D eigenvalue weighted by Crippen LogP contribution is 2.34. The minimum Gasteiger partial charge on any atom is -0.465 e. The number of hydrogen-bond acceptors (Lipinski definition) is 5. The van der Waals surface area contributed by atoms with Crippen LogP contribution in [0.5, 0.6) is 0 Å². The molecule has 0 radical (unpaired) electrons. The first-order chi connectivity index (χ1) is 10.1. The minimum atomic E-state index is -3.55. The summed E-state index contributed by atoms with van der Waals surface area (Å²) in [7, 11) is -3.55. The van der Waals surface area contributed by atoms with Gasteiger partial charge in [-0.1, -0.05) is 0 Å². The molecule has 3 rings (SSSR count). The van der Waals surface area contributed by atoms with Gasteiger partial charge in [-0.25, -0.2) is 8.42 Å². The average Bonchev–Trinajstić information content (AvgIpc) is 2.95. The first-order valence-electron chi connectivity index (χ1n) is 6.65. The Hall–Kier alpha value is -1.31. The summed E-state index contributed by atoms with van der Waals surface area (Å²) in [5, 5.41) is 0. The van der Waals surface area contributed by atoms with Crippen LogP contribution in [0.1, 0.15) is 17.6 Å². The Balaban J connectivity index is 1.98. The molecule has 1 saturated heterocycles. The number of thioether (sulfide) groups is 1. The highest BCUT2D eigenvalue weighted by molar-refractivity contribution is 7.99. The molecule has 0 saturated carbocycles. The van der Waals surface area contributed by atoms with Crippen LogP contribution in [0.2, 0.25) is 0 Å². The second-order valence-corrected chi connectivity index (χ2v) is 7.88. The van der Waals surface area contributed by atoms with Gasteiger partial charge in [0.15, 0.2) is 0 Å². The van der Waals surface area contributed by atoms with E-state index >= 15 is 0 Å². The van der Waals surface area contributed by atoms with E-state index in [2.05, 4.69) is 4.98 Å². The number of nitrogens with zero attached hydrogens (tertiary/aromatic N) is 2. The van der Waals surface area contributed by atoms with Gasteiger partial charge in [0.1, 0.15) is 16.4 Å². The number of sulfonamides is 1. The quantitative estimate of drug-likeness (QED) is 0.868. The van der Waals surface area contributed by atoms with Crippen LogP contribution in [-0.2, 0) is 10.0 Å². The molecule has 0 N–H and O–H groups in total. The number of aromatic nitrogens is 1. The molecule has 21 heavy (non-hydrogen) atoms. The molecule has 5 nitrogen and oxygen atoms in total. The molecule has 0 aromatic carbocycles. The number of pyridine rings is 1. The van der Waals surface area contributed by atoms with E-state index in [4.69, 9.17) is 4.42 Å². The third kappa shape index (κ3) is 2.86. The van der Waals surface area contributed by atoms with Crippen molar-refractivity contribution in [1.82, 2.24) is 9.29 Å². The van der Waals surface area contributed by atoms with Crippen molar-refractivity contribution in [1.29, 1.82) is 0 Å². The van der Waals surface area contributed by atoms with Crippen LogP contribution in [0.25, 0.3) is 0 Å². The van der Waals surface area contributed by atoms with Gasteiger partial charge in [-0.2, -0.15) is 16.1 Å². The normalized spacial score (nSPS) is 20.5. The van der Waals surface area contributed by atoms with Gasteiger partial charge < -0.3 is 4.42 Å². The maximum Gasteiger partial charge on any atom is 0.245 e. The summed E-state index contributed by atoms with van der Waals surface area (Å²) >= 11 is 1.74. The van der Waals surface area contributed by atoms with Gasteiger partial charge in [-0.15, -0.1) is 0 Å². The SMILES string of the molecule is Cc1ccc(C2CSCCN2S(=O)(=O)c2cccnc2)o1. The molecular weight excluding hydrogens is 308 g/mol. The lowest BCUT2D eigenvalue weighted by atomic mass is 10.2. The van der Waals surface area contributed by atoms with Gasteiger partial charge in [-0.3, -0.25) is 4.98 Å². The van der Waals surface area contributed by atoms with Gasteiger partial charge in [0.2, 0.25) is 10.0 Å². The molecule has 1 aliphatic heterocycles. The van der Waals surface area contributed by atoms with Crippen molar-refractivity contribution in [2.24, 2.45) is 0 Å². The predicted molar refractivity (Wildman–Crippen MR) is 81.6 cm³/mol. The zero-order valence-electron chi connectivity index (χ0n) is 11.6. The number of hydrogen-bond donors (Lipinski definition) is 0. The second-order valence-electron chi connectivity index (χ2n) is 4.84. The molecule has 7 heteroatoms. The molecule has 0 aliphatic carbocycles. The average molecular weight is 324 g/mol. The first kappa shape index (κ1) is 14.6. The van der Waals surface area contributed by atoms with Crippen molar-refractivity contribution in [3.05, 3.63) is 48.2 Å². The number of rotatable bonds is 3. The summed E-state index contributed by atoms with van der Waals surface area (Å²) in [5.41, 5.74) is 0. The number of aryl methyl sites for hydroxylation is 1. The van der Waals surface area contributed by atoms with Crippen LogP contribution >= 0.6 is 11.8 Å². The highest BCUT2D eigenvalue weighted by atomic mass is 32.2. The molecule has 1 atom stereocenters. The second kappa shape index (κ2) is 5.82. The third-order valence-corrected chi connectivity index (χ3v) is 6.32. The summed E-state index contributed by atoms with van der Waals surface area (Å²) in [6.45, 7) is 2.34. The van der Waals surface area contributed by atoms with E-state index < -0.39 is 10.0 Å². The van der Waals surface area contributed by atoms with Crippen LogP contribution < -0.4 is 0 Å². The van der Waals surface area contributed by atoms with Crippen molar-refractivity contribution in [2.75, 3.05) is 18.1 Å². The molecule has 3 heterocycles. The van der Waals surface area contributed by atoms with Crippen molar-refractivity contribution in [3.8, 4) is 0 Å². The molecular formula is C14H16N2O3S2. The fraction of sp³-hybridized carbons (Fsp3) is 0.357. The Morgan fingerprint density at radius 2 is 2.24 bits per heavy atom. The van der Waals surface area contributed by atoms with Crippen LogP contribution in [0.4, 0.5) is 0 Å². The van der Waals surface area contributed by atoms with Gasteiger partial charge in [-0.05, 0) is 31.2 Å². The summed E-state index contributed by atoms with van der Waals surface area (Å²) in [5.74, 6) is 2.98. The van der Waals surface area contributed by atoms with Crippen molar-refractivity contribution in [3.63, 3.8) is 0 Å². The monoisotopic (exact) mass is 324 g/mol. The van der Waals surface area contributed by atoms with Crippen LogP contribution in [0.15, 0.2) is 46.0 Å². The Labute approximate surface area is 128 Å². The lowest BCUT2D eigenvalue weighted by molar-refractivity contribution is 0.305. The summed E-state index contributed by atoms with van der Waals surface area (Å²) in [6, 6.07) is 6.68. The molecule has 1 unspecified atom stereocenters. The molecule has 1 aliphatic rings. The standard InChI is InChI=1S/C14H16N2O3S2/c1-11-4-5-14(19-11)13-10-20-8-7-16(13)21(17,18)12-3-2-6-15-9-12/h2-6,9,13H,7-8,10H2,1H3. The maximum absolute atomic E-state index is 12.8. The molecule has 0 bridgehead atoms. The van der Waals surface area contributed by atoms with E-state index in [-0.39, 0.29) is 10.9 Å². The van der Waals surface area contributed by atoms with E-state index in [0.29, 0.717) is 18.1 Å². The van der Waals surface area contributed by atoms with Gasteiger partial charge >= 0.3 is 0 Å². The fourth-order valence-corrected chi connectivity index (χ4v) is 5.20. The number of furan rings is 1. The molecule has 2 aromatic rings. The van der Waals surface area contributed by atoms with E-state index in [9.17, 15) is 8.42 Å². The molecule has 112 valence electrons.